The number of thiol groups is 1. The molecule has 0 amide bonds. The molecular formula is C3H9Cl2NO2S. The summed E-state index contributed by atoms with van der Waals surface area (Å²) in [6.07, 6.45) is 0. The zero-order chi connectivity index (χ0) is 5.86. The number of carboxylic acid groups (broad SMARTS) is 1. The van der Waals surface area contributed by atoms with Crippen molar-refractivity contribution in [3.63, 3.8) is 0 Å². The van der Waals surface area contributed by atoms with Crippen LogP contribution in [0.1, 0.15) is 0 Å². The molecule has 0 fully saturated rings. The first-order valence-corrected chi connectivity index (χ1v) is 2.41. The van der Waals surface area contributed by atoms with E-state index < -0.39 is 12.0 Å². The maximum atomic E-state index is 9.76. The molecular weight excluding hydrogens is 185 g/mol. The molecule has 0 aromatic carbocycles. The number of nitrogens with two attached hydrogens (primary N) is 1. The Balaban J connectivity index is -0.000000180. The third kappa shape index (κ3) is 8.36. The van der Waals surface area contributed by atoms with Gasteiger partial charge in [0.2, 0.25) is 0 Å². The average Bonchev–Trinajstić information content (AvgIpc) is 1.65. The first-order valence-electron chi connectivity index (χ1n) is 1.77. The minimum absolute atomic E-state index is 0. The molecule has 6 heteroatoms. The fourth-order valence-electron chi connectivity index (χ4n) is 0.0781. The van der Waals surface area contributed by atoms with Gasteiger partial charge >= 0.3 is 5.97 Å². The van der Waals surface area contributed by atoms with Gasteiger partial charge in [-0.15, -0.1) is 24.8 Å². The predicted octanol–water partition coefficient (Wildman–Crippen LogP) is 0.172. The molecule has 0 saturated heterocycles. The van der Waals surface area contributed by atoms with E-state index in [1.165, 1.54) is 0 Å². The summed E-state index contributed by atoms with van der Waals surface area (Å²) in [7, 11) is 0. The Labute approximate surface area is 71.2 Å². The van der Waals surface area contributed by atoms with E-state index in [2.05, 4.69) is 12.6 Å². The highest BCUT2D eigenvalue weighted by Crippen LogP contribution is 1.80. The highest BCUT2D eigenvalue weighted by molar-refractivity contribution is 7.80. The van der Waals surface area contributed by atoms with Crippen molar-refractivity contribution in [3.8, 4) is 0 Å². The summed E-state index contributed by atoms with van der Waals surface area (Å²) < 4.78 is 0. The van der Waals surface area contributed by atoms with Gasteiger partial charge in [-0.05, 0) is 0 Å². The molecule has 3 N–H and O–H groups in total. The maximum absolute atomic E-state index is 9.76. The summed E-state index contributed by atoms with van der Waals surface area (Å²) in [5.74, 6) is -0.815. The molecule has 0 aliphatic heterocycles. The summed E-state index contributed by atoms with van der Waals surface area (Å²) in [5.41, 5.74) is 4.94. The fourth-order valence-corrected chi connectivity index (χ4v) is 0.234. The third-order valence-electron chi connectivity index (χ3n) is 0.514. The summed E-state index contributed by atoms with van der Waals surface area (Å²) in [6, 6.07) is -0.816. The highest BCUT2D eigenvalue weighted by atomic mass is 35.5. The van der Waals surface area contributed by atoms with E-state index in [1.807, 2.05) is 0 Å². The molecule has 0 aliphatic carbocycles. The van der Waals surface area contributed by atoms with E-state index >= 15 is 0 Å². The zero-order valence-corrected chi connectivity index (χ0v) is 7.01. The van der Waals surface area contributed by atoms with E-state index in [1.54, 1.807) is 0 Å². The zero-order valence-electron chi connectivity index (χ0n) is 4.48. The normalized spacial score (nSPS) is 10.4. The fraction of sp³-hybridized carbons (Fsp3) is 0.667. The molecule has 58 valence electrons. The van der Waals surface area contributed by atoms with Gasteiger partial charge in [0.05, 0.1) is 0 Å². The van der Waals surface area contributed by atoms with Gasteiger partial charge in [0.25, 0.3) is 0 Å². The van der Waals surface area contributed by atoms with E-state index in [9.17, 15) is 4.79 Å². The van der Waals surface area contributed by atoms with Crippen LogP contribution in [-0.4, -0.2) is 22.9 Å². The summed E-state index contributed by atoms with van der Waals surface area (Å²) in [6.45, 7) is 0. The Bertz CT molecular complexity index is 82.2. The number of carboxylic acids is 1. The smallest absolute Gasteiger partial charge is 0.321 e. The second-order valence-electron chi connectivity index (χ2n) is 1.13. The van der Waals surface area contributed by atoms with Crippen molar-refractivity contribution in [2.45, 2.75) is 6.04 Å². The highest BCUT2D eigenvalue weighted by Gasteiger charge is 2.06. The van der Waals surface area contributed by atoms with Crippen molar-refractivity contribution in [2.75, 3.05) is 5.75 Å². The summed E-state index contributed by atoms with van der Waals surface area (Å²) in [4.78, 5) is 9.76. The lowest BCUT2D eigenvalue weighted by molar-refractivity contribution is -0.137. The van der Waals surface area contributed by atoms with Crippen LogP contribution in [-0.2, 0) is 4.79 Å². The molecule has 0 heterocycles. The van der Waals surface area contributed by atoms with Gasteiger partial charge in [-0.25, -0.2) is 0 Å². The number of aliphatic carboxylic acids is 1. The third-order valence-corrected chi connectivity index (χ3v) is 0.907. The Hall–Kier alpha value is 0.360. The van der Waals surface area contributed by atoms with Crippen LogP contribution >= 0.6 is 37.4 Å². The van der Waals surface area contributed by atoms with Crippen molar-refractivity contribution in [2.24, 2.45) is 5.73 Å². The lowest BCUT2D eigenvalue weighted by Crippen LogP contribution is -2.31. The van der Waals surface area contributed by atoms with Crippen LogP contribution in [0, 0.1) is 0 Å². The van der Waals surface area contributed by atoms with Crippen LogP contribution in [0.15, 0.2) is 0 Å². The first kappa shape index (κ1) is 16.2. The Morgan fingerprint density at radius 1 is 1.67 bits per heavy atom. The second-order valence-corrected chi connectivity index (χ2v) is 1.49. The molecule has 0 aromatic rings. The van der Waals surface area contributed by atoms with Crippen LogP contribution < -0.4 is 5.73 Å². The molecule has 0 unspecified atom stereocenters. The number of hydrogen-bond donors (Lipinski definition) is 3. The minimum Gasteiger partial charge on any atom is -0.480 e. The molecule has 0 rings (SSSR count). The Morgan fingerprint density at radius 2 is 2.00 bits per heavy atom. The lowest BCUT2D eigenvalue weighted by atomic mass is 10.4. The van der Waals surface area contributed by atoms with Crippen molar-refractivity contribution in [1.29, 1.82) is 0 Å². The number of hydrogen-bond acceptors (Lipinski definition) is 3. The van der Waals surface area contributed by atoms with Gasteiger partial charge in [-0.2, -0.15) is 12.6 Å². The van der Waals surface area contributed by atoms with Gasteiger partial charge in [0, 0.05) is 5.75 Å². The van der Waals surface area contributed by atoms with E-state index in [-0.39, 0.29) is 30.6 Å². The molecule has 1 atom stereocenters. The SMILES string of the molecule is Cl.Cl.N[C@@H](CS)C(=O)O. The number of rotatable bonds is 2. The van der Waals surface area contributed by atoms with Crippen molar-refractivity contribution >= 4 is 43.4 Å². The monoisotopic (exact) mass is 193 g/mol. The second kappa shape index (κ2) is 8.36. The standard InChI is InChI=1S/C3H7NO2S.2ClH/c4-2(1-7)3(5)6;;/h2,7H,1,4H2,(H,5,6);2*1H/t2-;;/m0../s1. The van der Waals surface area contributed by atoms with Crippen LogP contribution in [0.3, 0.4) is 0 Å². The topological polar surface area (TPSA) is 63.3 Å². The Kier molecular flexibility index (Phi) is 15.0. The van der Waals surface area contributed by atoms with Crippen molar-refractivity contribution < 1.29 is 9.90 Å². The van der Waals surface area contributed by atoms with Crippen LogP contribution in [0.5, 0.6) is 0 Å². The van der Waals surface area contributed by atoms with E-state index in [0.717, 1.165) is 0 Å². The summed E-state index contributed by atoms with van der Waals surface area (Å²) >= 11 is 3.65. The Morgan fingerprint density at radius 3 is 2.00 bits per heavy atom. The van der Waals surface area contributed by atoms with Crippen LogP contribution in [0.25, 0.3) is 0 Å². The number of carbonyl (C=O) groups is 1. The van der Waals surface area contributed by atoms with Gasteiger partial charge in [-0.1, -0.05) is 0 Å². The molecule has 9 heavy (non-hydrogen) atoms. The van der Waals surface area contributed by atoms with Gasteiger partial charge < -0.3 is 10.8 Å². The molecule has 3 nitrogen and oxygen atoms in total. The lowest BCUT2D eigenvalue weighted by Gasteiger charge is -1.96. The predicted molar refractivity (Wildman–Crippen MR) is 44.0 cm³/mol. The van der Waals surface area contributed by atoms with Crippen molar-refractivity contribution in [1.82, 2.24) is 0 Å². The van der Waals surface area contributed by atoms with Gasteiger partial charge in [0.15, 0.2) is 0 Å². The van der Waals surface area contributed by atoms with E-state index in [0.29, 0.717) is 0 Å². The average molecular weight is 194 g/mol. The van der Waals surface area contributed by atoms with Crippen LogP contribution in [0.2, 0.25) is 0 Å². The first-order chi connectivity index (χ1) is 3.18. The molecule has 0 saturated carbocycles. The summed E-state index contributed by atoms with van der Waals surface area (Å²) in [5, 5.41) is 8.01. The van der Waals surface area contributed by atoms with Crippen molar-refractivity contribution in [3.05, 3.63) is 0 Å². The quantitative estimate of drug-likeness (QED) is 0.549. The largest absolute Gasteiger partial charge is 0.480 e. The van der Waals surface area contributed by atoms with E-state index in [4.69, 9.17) is 10.8 Å². The van der Waals surface area contributed by atoms with Gasteiger partial charge in [-0.3, -0.25) is 4.79 Å². The molecule has 0 aromatic heterocycles. The molecule has 0 bridgehead atoms. The molecule has 0 aliphatic rings. The van der Waals surface area contributed by atoms with Crippen LogP contribution in [0.4, 0.5) is 0 Å². The molecule has 0 spiro atoms. The van der Waals surface area contributed by atoms with Gasteiger partial charge in [0.1, 0.15) is 6.04 Å². The minimum atomic E-state index is -1.00. The maximum Gasteiger partial charge on any atom is 0.321 e. The number of halogens is 2. The molecule has 0 radical (unpaired) electrons.